The van der Waals surface area contributed by atoms with Crippen molar-refractivity contribution in [1.82, 2.24) is 0 Å². The molecule has 0 heterocycles. The third-order valence-electron chi connectivity index (χ3n) is 0.910. The van der Waals surface area contributed by atoms with Crippen LogP contribution in [0.5, 0.6) is 0 Å². The van der Waals surface area contributed by atoms with Crippen LogP contribution in [0.2, 0.25) is 0 Å². The highest BCUT2D eigenvalue weighted by Gasteiger charge is 1.95. The second-order valence-electron chi connectivity index (χ2n) is 1.73. The van der Waals surface area contributed by atoms with Crippen LogP contribution < -0.4 is 0 Å². The van der Waals surface area contributed by atoms with E-state index < -0.39 is 0 Å². The normalized spacial score (nSPS) is 11.4. The monoisotopic (exact) mass is 108 g/mol. The first-order valence-corrected chi connectivity index (χ1v) is 2.58. The summed E-state index contributed by atoms with van der Waals surface area (Å²) in [5.74, 6) is 0.0367. The summed E-state index contributed by atoms with van der Waals surface area (Å²) in [4.78, 5) is 0. The van der Waals surface area contributed by atoms with Crippen molar-refractivity contribution >= 4 is 0 Å². The zero-order valence-corrected chi connectivity index (χ0v) is 4.89. The van der Waals surface area contributed by atoms with Gasteiger partial charge < -0.3 is 0 Å². The first kappa shape index (κ1) is 6.98. The molecule has 0 amide bonds. The topological polar surface area (TPSA) is 47.6 Å². The fraction of sp³-hybridized carbons (Fsp3) is 0.667. The summed E-state index contributed by atoms with van der Waals surface area (Å²) in [5.41, 5.74) is 0. The summed E-state index contributed by atoms with van der Waals surface area (Å²) in [6, 6.07) is 4.03. The number of rotatable bonds is 2. The van der Waals surface area contributed by atoms with Crippen molar-refractivity contribution in [3.8, 4) is 12.1 Å². The minimum atomic E-state index is 0.0367. The van der Waals surface area contributed by atoms with Crippen molar-refractivity contribution in [3.05, 3.63) is 0 Å². The number of hydrogen-bond donors (Lipinski definition) is 0. The summed E-state index contributed by atoms with van der Waals surface area (Å²) in [6.07, 6.45) is 1.20. The molecule has 0 radical (unpaired) electrons. The smallest absolute Gasteiger partial charge is 0.0653 e. The molecular formula is C6H8N2. The van der Waals surface area contributed by atoms with Crippen molar-refractivity contribution in [3.63, 3.8) is 0 Å². The number of hydrogen-bond acceptors (Lipinski definition) is 2. The highest BCUT2D eigenvalue weighted by molar-refractivity contribution is 4.82. The Labute approximate surface area is 49.3 Å². The Morgan fingerprint density at radius 2 is 2.12 bits per heavy atom. The molecule has 0 aliphatic carbocycles. The molecule has 0 saturated heterocycles. The van der Waals surface area contributed by atoms with E-state index in [9.17, 15) is 0 Å². The van der Waals surface area contributed by atoms with Gasteiger partial charge in [0.2, 0.25) is 0 Å². The largest absolute Gasteiger partial charge is 0.198 e. The molecule has 42 valence electrons. The Bertz CT molecular complexity index is 126. The minimum Gasteiger partial charge on any atom is -0.198 e. The lowest BCUT2D eigenvalue weighted by Gasteiger charge is -1.91. The first-order chi connectivity index (χ1) is 3.81. The summed E-state index contributed by atoms with van der Waals surface area (Å²) in [6.45, 7) is 1.82. The third-order valence-corrected chi connectivity index (χ3v) is 0.910. The molecule has 0 aromatic carbocycles. The van der Waals surface area contributed by atoms with E-state index in [2.05, 4.69) is 0 Å². The maximum Gasteiger partial charge on any atom is 0.0653 e. The van der Waals surface area contributed by atoms with Crippen LogP contribution in [-0.2, 0) is 0 Å². The van der Waals surface area contributed by atoms with Crippen LogP contribution in [0.25, 0.3) is 0 Å². The molecule has 2 heteroatoms. The zero-order chi connectivity index (χ0) is 6.41. The van der Waals surface area contributed by atoms with Crippen LogP contribution in [-0.4, -0.2) is 0 Å². The van der Waals surface area contributed by atoms with E-state index in [0.29, 0.717) is 12.8 Å². The van der Waals surface area contributed by atoms with E-state index >= 15 is 0 Å². The van der Waals surface area contributed by atoms with Gasteiger partial charge in [0.1, 0.15) is 0 Å². The Hall–Kier alpha value is -1.02. The average molecular weight is 108 g/mol. The molecule has 0 aliphatic rings. The lowest BCUT2D eigenvalue weighted by atomic mass is 10.1. The molecule has 0 fully saturated rings. The summed E-state index contributed by atoms with van der Waals surface area (Å²) >= 11 is 0. The van der Waals surface area contributed by atoms with Crippen LogP contribution in [0, 0.1) is 28.6 Å². The number of nitrogens with zero attached hydrogens (tertiary/aromatic N) is 2. The van der Waals surface area contributed by atoms with Gasteiger partial charge in [0.25, 0.3) is 0 Å². The molecule has 0 aromatic heterocycles. The lowest BCUT2D eigenvalue weighted by molar-refractivity contribution is 0.675. The SMILES string of the molecule is C[C@H](C#N)CCC#N. The van der Waals surface area contributed by atoms with Gasteiger partial charge in [0.15, 0.2) is 0 Å². The van der Waals surface area contributed by atoms with Gasteiger partial charge in [-0.1, -0.05) is 0 Å². The molecule has 0 saturated carbocycles. The molecule has 0 aromatic rings. The Kier molecular flexibility index (Phi) is 3.62. The molecule has 0 rings (SSSR count). The molecule has 0 bridgehead atoms. The Balaban J connectivity index is 3.18. The molecule has 0 N–H and O–H groups in total. The van der Waals surface area contributed by atoms with E-state index in [1.54, 1.807) is 0 Å². The van der Waals surface area contributed by atoms with Crippen LogP contribution in [0.3, 0.4) is 0 Å². The maximum absolute atomic E-state index is 8.20. The zero-order valence-electron chi connectivity index (χ0n) is 4.89. The van der Waals surface area contributed by atoms with Gasteiger partial charge in [-0.3, -0.25) is 0 Å². The minimum absolute atomic E-state index is 0.0367. The third kappa shape index (κ3) is 3.18. The lowest BCUT2D eigenvalue weighted by Crippen LogP contribution is -1.86. The van der Waals surface area contributed by atoms with Crippen LogP contribution in [0.4, 0.5) is 0 Å². The fourth-order valence-corrected chi connectivity index (χ4v) is 0.346. The van der Waals surface area contributed by atoms with Gasteiger partial charge in [0, 0.05) is 12.3 Å². The highest BCUT2D eigenvalue weighted by atomic mass is 14.3. The summed E-state index contributed by atoms with van der Waals surface area (Å²) in [5, 5.41) is 16.3. The Morgan fingerprint density at radius 3 is 2.50 bits per heavy atom. The molecule has 0 spiro atoms. The molecule has 8 heavy (non-hydrogen) atoms. The summed E-state index contributed by atoms with van der Waals surface area (Å²) in [7, 11) is 0. The second-order valence-corrected chi connectivity index (χ2v) is 1.73. The fourth-order valence-electron chi connectivity index (χ4n) is 0.346. The Morgan fingerprint density at radius 1 is 1.50 bits per heavy atom. The van der Waals surface area contributed by atoms with Gasteiger partial charge in [-0.25, -0.2) is 0 Å². The van der Waals surface area contributed by atoms with E-state index in [4.69, 9.17) is 10.5 Å². The van der Waals surface area contributed by atoms with Crippen LogP contribution in [0.1, 0.15) is 19.8 Å². The standard InChI is InChI=1S/C6H8N2/c1-6(5-8)3-2-4-7/h6H,2-3H2,1H3/t6-/m0/s1. The quantitative estimate of drug-likeness (QED) is 0.537. The predicted octanol–water partition coefficient (Wildman–Crippen LogP) is 1.45. The maximum atomic E-state index is 8.20. The van der Waals surface area contributed by atoms with E-state index in [1.165, 1.54) is 0 Å². The second kappa shape index (κ2) is 4.15. The van der Waals surface area contributed by atoms with Crippen LogP contribution in [0.15, 0.2) is 0 Å². The van der Waals surface area contributed by atoms with E-state index in [1.807, 2.05) is 19.1 Å². The van der Waals surface area contributed by atoms with Crippen molar-refractivity contribution < 1.29 is 0 Å². The van der Waals surface area contributed by atoms with Crippen molar-refractivity contribution in [2.45, 2.75) is 19.8 Å². The van der Waals surface area contributed by atoms with E-state index in [0.717, 1.165) is 0 Å². The predicted molar refractivity (Wildman–Crippen MR) is 29.6 cm³/mol. The van der Waals surface area contributed by atoms with Crippen molar-refractivity contribution in [1.29, 1.82) is 10.5 Å². The van der Waals surface area contributed by atoms with Gasteiger partial charge in [-0.2, -0.15) is 10.5 Å². The van der Waals surface area contributed by atoms with Gasteiger partial charge >= 0.3 is 0 Å². The van der Waals surface area contributed by atoms with E-state index in [-0.39, 0.29) is 5.92 Å². The molecule has 2 nitrogen and oxygen atoms in total. The van der Waals surface area contributed by atoms with Crippen LogP contribution >= 0.6 is 0 Å². The molecule has 1 atom stereocenters. The molecule has 0 aliphatic heterocycles. The van der Waals surface area contributed by atoms with Gasteiger partial charge in [0.05, 0.1) is 12.1 Å². The average Bonchev–Trinajstić information content (AvgIpc) is 1.83. The van der Waals surface area contributed by atoms with Gasteiger partial charge in [-0.15, -0.1) is 0 Å². The first-order valence-electron chi connectivity index (χ1n) is 2.58. The molecule has 0 unspecified atom stereocenters. The number of nitriles is 2. The van der Waals surface area contributed by atoms with Crippen molar-refractivity contribution in [2.75, 3.05) is 0 Å². The van der Waals surface area contributed by atoms with Gasteiger partial charge in [-0.05, 0) is 13.3 Å². The highest BCUT2D eigenvalue weighted by Crippen LogP contribution is 2.00. The molecular weight excluding hydrogens is 100 g/mol. The summed E-state index contributed by atoms with van der Waals surface area (Å²) < 4.78 is 0. The van der Waals surface area contributed by atoms with Crippen molar-refractivity contribution in [2.24, 2.45) is 5.92 Å².